The van der Waals surface area contributed by atoms with Crippen molar-refractivity contribution in [2.45, 2.75) is 38.8 Å². The van der Waals surface area contributed by atoms with E-state index in [-0.39, 0.29) is 12.1 Å². The molecule has 0 saturated carbocycles. The highest BCUT2D eigenvalue weighted by Gasteiger charge is 2.24. The van der Waals surface area contributed by atoms with E-state index in [4.69, 9.17) is 0 Å². The number of thiophene rings is 2. The Morgan fingerprint density at radius 1 is 1.26 bits per heavy atom. The predicted molar refractivity (Wildman–Crippen MR) is 84.9 cm³/mol. The molecule has 2 N–H and O–H groups in total. The summed E-state index contributed by atoms with van der Waals surface area (Å²) in [6, 6.07) is 6.48. The van der Waals surface area contributed by atoms with Gasteiger partial charge in [0.1, 0.15) is 0 Å². The zero-order valence-electron chi connectivity index (χ0n) is 11.5. The molecule has 2 aromatic rings. The molecular weight excluding hydrogens is 274 g/mol. The number of hydrogen-bond acceptors (Lipinski definition) is 4. The van der Waals surface area contributed by atoms with Gasteiger partial charge in [-0.25, -0.2) is 0 Å². The van der Waals surface area contributed by atoms with E-state index in [1.807, 2.05) is 0 Å². The van der Waals surface area contributed by atoms with Crippen LogP contribution in [0.2, 0.25) is 0 Å². The minimum absolute atomic E-state index is 0.132. The summed E-state index contributed by atoms with van der Waals surface area (Å²) >= 11 is 3.56. The summed E-state index contributed by atoms with van der Waals surface area (Å²) in [5.41, 5.74) is 1.17. The fourth-order valence-corrected chi connectivity index (χ4v) is 3.71. The molecule has 0 fully saturated rings. The van der Waals surface area contributed by atoms with Crippen molar-refractivity contribution in [3.63, 3.8) is 0 Å². The van der Waals surface area contributed by atoms with E-state index in [1.165, 1.54) is 15.3 Å². The number of aliphatic hydroxyl groups is 1. The third kappa shape index (κ3) is 3.45. The number of nitrogens with one attached hydrogen (secondary N) is 1. The highest BCUT2D eigenvalue weighted by molar-refractivity contribution is 7.14. The maximum Gasteiger partial charge on any atom is 0.0613 e. The first-order valence-corrected chi connectivity index (χ1v) is 8.46. The van der Waals surface area contributed by atoms with E-state index in [0.717, 1.165) is 19.4 Å². The van der Waals surface area contributed by atoms with Crippen molar-refractivity contribution in [2.24, 2.45) is 0 Å². The van der Waals surface area contributed by atoms with E-state index in [1.54, 1.807) is 22.7 Å². The van der Waals surface area contributed by atoms with Gasteiger partial charge in [0.2, 0.25) is 0 Å². The van der Waals surface area contributed by atoms with Crippen molar-refractivity contribution >= 4 is 22.7 Å². The molecule has 0 atom stereocenters. The Bertz CT molecular complexity index is 478. The Kier molecular flexibility index (Phi) is 5.16. The van der Waals surface area contributed by atoms with Crippen molar-refractivity contribution in [1.82, 2.24) is 5.32 Å². The lowest BCUT2D eigenvalue weighted by atomic mass is 9.94. The number of aliphatic hydroxyl groups excluding tert-OH is 1. The summed E-state index contributed by atoms with van der Waals surface area (Å²) in [6.45, 7) is 5.28. The van der Waals surface area contributed by atoms with Gasteiger partial charge in [-0.1, -0.05) is 19.9 Å². The van der Waals surface area contributed by atoms with Crippen LogP contribution in [0.4, 0.5) is 0 Å². The van der Waals surface area contributed by atoms with Gasteiger partial charge in [0.25, 0.3) is 0 Å². The van der Waals surface area contributed by atoms with Crippen LogP contribution in [-0.4, -0.2) is 17.3 Å². The molecule has 0 spiro atoms. The number of rotatable bonds is 7. The monoisotopic (exact) mass is 295 g/mol. The molecule has 19 heavy (non-hydrogen) atoms. The summed E-state index contributed by atoms with van der Waals surface area (Å²) in [6.07, 6.45) is 1.90. The number of hydrogen-bond donors (Lipinski definition) is 2. The highest BCUT2D eigenvalue weighted by Crippen LogP contribution is 2.29. The molecular formula is C15H21NOS2. The van der Waals surface area contributed by atoms with Crippen LogP contribution in [0.15, 0.2) is 29.0 Å². The fraction of sp³-hybridized carbons (Fsp3) is 0.467. The smallest absolute Gasteiger partial charge is 0.0613 e. The third-order valence-corrected chi connectivity index (χ3v) is 5.61. The average Bonchev–Trinajstić information content (AvgIpc) is 3.12. The molecule has 4 heteroatoms. The summed E-state index contributed by atoms with van der Waals surface area (Å²) in [5.74, 6) is 0. The lowest BCUT2D eigenvalue weighted by Gasteiger charge is -2.30. The van der Waals surface area contributed by atoms with Crippen LogP contribution < -0.4 is 5.32 Å². The molecule has 0 saturated heterocycles. The molecule has 2 rings (SSSR count). The van der Waals surface area contributed by atoms with Gasteiger partial charge in [0.15, 0.2) is 0 Å². The molecule has 0 unspecified atom stereocenters. The first kappa shape index (κ1) is 14.7. The lowest BCUT2D eigenvalue weighted by molar-refractivity contribution is 0.150. The summed E-state index contributed by atoms with van der Waals surface area (Å²) in [4.78, 5) is 2.64. The van der Waals surface area contributed by atoms with Gasteiger partial charge in [0, 0.05) is 27.4 Å². The Morgan fingerprint density at radius 2 is 2.05 bits per heavy atom. The Hall–Kier alpha value is -0.680. The second-order valence-electron chi connectivity index (χ2n) is 4.78. The quantitative estimate of drug-likeness (QED) is 0.805. The van der Waals surface area contributed by atoms with Crippen molar-refractivity contribution in [3.05, 3.63) is 33.8 Å². The minimum Gasteiger partial charge on any atom is -0.394 e. The topological polar surface area (TPSA) is 32.3 Å². The van der Waals surface area contributed by atoms with Gasteiger partial charge in [0.05, 0.1) is 6.61 Å². The molecule has 2 aromatic heterocycles. The summed E-state index contributed by atoms with van der Waals surface area (Å²) in [7, 11) is 0. The van der Waals surface area contributed by atoms with E-state index >= 15 is 0 Å². The van der Waals surface area contributed by atoms with Crippen LogP contribution in [0.3, 0.4) is 0 Å². The average molecular weight is 295 g/mol. The molecule has 0 bridgehead atoms. The zero-order chi connectivity index (χ0) is 13.7. The Labute approximate surface area is 123 Å². The van der Waals surface area contributed by atoms with Gasteiger partial charge in [-0.3, -0.25) is 0 Å². The molecule has 0 aromatic carbocycles. The van der Waals surface area contributed by atoms with Crippen molar-refractivity contribution < 1.29 is 5.11 Å². The summed E-state index contributed by atoms with van der Waals surface area (Å²) < 4.78 is 0. The van der Waals surface area contributed by atoms with Gasteiger partial charge in [-0.05, 0) is 35.7 Å². The molecule has 0 radical (unpaired) electrons. The van der Waals surface area contributed by atoms with Crippen LogP contribution in [0.1, 0.15) is 31.6 Å². The van der Waals surface area contributed by atoms with E-state index in [2.05, 4.69) is 48.1 Å². The zero-order valence-corrected chi connectivity index (χ0v) is 13.1. The van der Waals surface area contributed by atoms with Crippen molar-refractivity contribution in [1.29, 1.82) is 0 Å². The molecule has 0 aliphatic heterocycles. The van der Waals surface area contributed by atoms with Crippen molar-refractivity contribution in [3.8, 4) is 10.4 Å². The molecule has 2 nitrogen and oxygen atoms in total. The molecule has 104 valence electrons. The maximum atomic E-state index is 9.55. The molecule has 0 aliphatic carbocycles. The van der Waals surface area contributed by atoms with Crippen LogP contribution in [-0.2, 0) is 6.54 Å². The minimum atomic E-state index is -0.132. The fourth-order valence-electron chi connectivity index (χ4n) is 2.10. The van der Waals surface area contributed by atoms with Crippen LogP contribution >= 0.6 is 22.7 Å². The second-order valence-corrected chi connectivity index (χ2v) is 6.72. The first-order chi connectivity index (χ1) is 9.23. The van der Waals surface area contributed by atoms with Crippen LogP contribution in [0.5, 0.6) is 0 Å². The largest absolute Gasteiger partial charge is 0.394 e. The molecule has 0 amide bonds. The van der Waals surface area contributed by atoms with E-state index in [9.17, 15) is 5.11 Å². The van der Waals surface area contributed by atoms with Crippen LogP contribution in [0.25, 0.3) is 10.4 Å². The van der Waals surface area contributed by atoms with E-state index in [0.29, 0.717) is 0 Å². The molecule has 2 heterocycles. The first-order valence-electron chi connectivity index (χ1n) is 6.70. The predicted octanol–water partition coefficient (Wildman–Crippen LogP) is 4.12. The molecule has 0 aliphatic rings. The standard InChI is InChI=1S/C15H21NOS2/c1-3-15(4-2,11-17)16-9-13-8-12(10-19-13)14-6-5-7-18-14/h5-8,10,16-17H,3-4,9,11H2,1-2H3. The lowest BCUT2D eigenvalue weighted by Crippen LogP contribution is -2.46. The summed E-state index contributed by atoms with van der Waals surface area (Å²) in [5, 5.41) is 17.4. The second kappa shape index (κ2) is 6.66. The van der Waals surface area contributed by atoms with Gasteiger partial charge < -0.3 is 10.4 Å². The Morgan fingerprint density at radius 3 is 2.63 bits per heavy atom. The van der Waals surface area contributed by atoms with Crippen LogP contribution in [0, 0.1) is 0 Å². The maximum absolute atomic E-state index is 9.55. The SMILES string of the molecule is CCC(CC)(CO)NCc1cc(-c2cccs2)cs1. The van der Waals surface area contributed by atoms with Crippen molar-refractivity contribution in [2.75, 3.05) is 6.61 Å². The normalized spacial score (nSPS) is 11.9. The third-order valence-electron chi connectivity index (χ3n) is 3.75. The van der Waals surface area contributed by atoms with Gasteiger partial charge in [-0.2, -0.15) is 0 Å². The van der Waals surface area contributed by atoms with E-state index < -0.39 is 0 Å². The highest BCUT2D eigenvalue weighted by atomic mass is 32.1. The van der Waals surface area contributed by atoms with Gasteiger partial charge in [-0.15, -0.1) is 22.7 Å². The van der Waals surface area contributed by atoms with Gasteiger partial charge >= 0.3 is 0 Å². The Balaban J connectivity index is 2.01.